The molecular formula is C24H23N3O2. The lowest BCUT2D eigenvalue weighted by Crippen LogP contribution is -2.43. The molecule has 1 fully saturated rings. The molecule has 0 radical (unpaired) electrons. The molecule has 3 aliphatic rings. The summed E-state index contributed by atoms with van der Waals surface area (Å²) in [6.45, 7) is 0. The van der Waals surface area contributed by atoms with Gasteiger partial charge in [0.1, 0.15) is 5.41 Å². The van der Waals surface area contributed by atoms with E-state index in [1.54, 1.807) is 12.1 Å². The molecule has 5 rings (SSSR count). The van der Waals surface area contributed by atoms with Gasteiger partial charge in [-0.15, -0.1) is 0 Å². The van der Waals surface area contributed by atoms with Crippen molar-refractivity contribution in [1.29, 1.82) is 5.26 Å². The van der Waals surface area contributed by atoms with Crippen LogP contribution in [-0.2, 0) is 34.3 Å². The Morgan fingerprint density at radius 3 is 2.59 bits per heavy atom. The largest absolute Gasteiger partial charge is 0.274 e. The molecule has 146 valence electrons. The number of pyridine rings is 1. The standard InChI is InChI=1S/C24H23N3O2/c25-15-24(19-14-21(28)27(23(19)29)18-9-2-1-3-10-18)12-6-8-17-13-16-7-4-5-11-20(16)26-22(17)24/h1-3,9-10,13,19H,4-8,11-12,14H2/t19-,24-/m1/s1. The lowest BCUT2D eigenvalue weighted by molar-refractivity contribution is -0.123. The number of carbonyl (C=O) groups is 2. The summed E-state index contributed by atoms with van der Waals surface area (Å²) < 4.78 is 0. The maximum atomic E-state index is 13.4. The van der Waals surface area contributed by atoms with Gasteiger partial charge in [0.25, 0.3) is 0 Å². The number of hydrogen-bond donors (Lipinski definition) is 0. The number of benzene rings is 1. The van der Waals surface area contributed by atoms with Crippen LogP contribution in [0.5, 0.6) is 0 Å². The van der Waals surface area contributed by atoms with Crippen molar-refractivity contribution in [1.82, 2.24) is 4.98 Å². The van der Waals surface area contributed by atoms with Gasteiger partial charge in [-0.05, 0) is 68.2 Å². The fourth-order valence-corrected chi connectivity index (χ4v) is 5.33. The van der Waals surface area contributed by atoms with Crippen LogP contribution >= 0.6 is 0 Å². The van der Waals surface area contributed by atoms with E-state index in [4.69, 9.17) is 4.98 Å². The molecule has 1 aromatic carbocycles. The van der Waals surface area contributed by atoms with Crippen LogP contribution in [0.1, 0.15) is 54.6 Å². The SMILES string of the molecule is N#C[C@@]1([C@@H]2CC(=O)N(c3ccccc3)C2=O)CCCc2cc3c(nc21)CCCC3. The van der Waals surface area contributed by atoms with Gasteiger partial charge >= 0.3 is 0 Å². The molecule has 2 atom stereocenters. The van der Waals surface area contributed by atoms with Gasteiger partial charge < -0.3 is 0 Å². The van der Waals surface area contributed by atoms with Crippen LogP contribution in [0.2, 0.25) is 0 Å². The van der Waals surface area contributed by atoms with Crippen molar-refractivity contribution in [2.24, 2.45) is 5.92 Å². The lowest BCUT2D eigenvalue weighted by Gasteiger charge is -2.36. The Labute approximate surface area is 170 Å². The number of aromatic nitrogens is 1. The number of nitriles is 1. The third-order valence-electron chi connectivity index (χ3n) is 6.77. The van der Waals surface area contributed by atoms with Gasteiger partial charge in [-0.2, -0.15) is 5.26 Å². The average molecular weight is 385 g/mol. The fourth-order valence-electron chi connectivity index (χ4n) is 5.33. The van der Waals surface area contributed by atoms with Crippen molar-refractivity contribution in [3.05, 3.63) is 58.9 Å². The summed E-state index contributed by atoms with van der Waals surface area (Å²) in [5.41, 5.74) is 3.78. The predicted molar refractivity (Wildman–Crippen MR) is 108 cm³/mol. The molecule has 1 saturated heterocycles. The molecule has 1 aromatic heterocycles. The van der Waals surface area contributed by atoms with Gasteiger partial charge in [0.05, 0.1) is 23.4 Å². The van der Waals surface area contributed by atoms with E-state index in [-0.39, 0.29) is 18.2 Å². The first-order valence-electron chi connectivity index (χ1n) is 10.5. The molecular weight excluding hydrogens is 362 g/mol. The molecule has 0 unspecified atom stereocenters. The Balaban J connectivity index is 1.60. The van der Waals surface area contributed by atoms with Crippen LogP contribution in [0.25, 0.3) is 0 Å². The second-order valence-corrected chi connectivity index (χ2v) is 8.41. The van der Waals surface area contributed by atoms with E-state index in [0.29, 0.717) is 12.1 Å². The van der Waals surface area contributed by atoms with E-state index in [1.807, 2.05) is 18.2 Å². The zero-order valence-electron chi connectivity index (χ0n) is 16.4. The highest BCUT2D eigenvalue weighted by Crippen LogP contribution is 2.47. The highest BCUT2D eigenvalue weighted by atomic mass is 16.2. The van der Waals surface area contributed by atoms with Gasteiger partial charge in [-0.25, -0.2) is 0 Å². The second-order valence-electron chi connectivity index (χ2n) is 8.41. The number of hydrogen-bond acceptors (Lipinski definition) is 4. The number of rotatable bonds is 2. The minimum absolute atomic E-state index is 0.0689. The maximum absolute atomic E-state index is 13.4. The summed E-state index contributed by atoms with van der Waals surface area (Å²) in [6.07, 6.45) is 6.63. The first-order chi connectivity index (χ1) is 14.1. The molecule has 5 heteroatoms. The zero-order chi connectivity index (χ0) is 20.0. The fraction of sp³-hybridized carbons (Fsp3) is 0.417. The normalized spacial score (nSPS) is 26.0. The maximum Gasteiger partial charge on any atom is 0.239 e. The van der Waals surface area contributed by atoms with Gasteiger partial charge in [-0.3, -0.25) is 19.5 Å². The highest BCUT2D eigenvalue weighted by molar-refractivity contribution is 6.21. The molecule has 0 spiro atoms. The Kier molecular flexibility index (Phi) is 4.24. The third kappa shape index (κ3) is 2.70. The number of nitrogens with zero attached hydrogens (tertiary/aromatic N) is 3. The molecule has 2 amide bonds. The number of imide groups is 1. The van der Waals surface area contributed by atoms with Gasteiger partial charge in [0, 0.05) is 12.1 Å². The molecule has 2 heterocycles. The van der Waals surface area contributed by atoms with Crippen molar-refractivity contribution in [2.75, 3.05) is 4.90 Å². The van der Waals surface area contributed by atoms with Crippen LogP contribution in [0.4, 0.5) is 5.69 Å². The minimum atomic E-state index is -1.02. The van der Waals surface area contributed by atoms with E-state index in [1.165, 1.54) is 16.9 Å². The zero-order valence-corrected chi connectivity index (χ0v) is 16.4. The van der Waals surface area contributed by atoms with E-state index in [9.17, 15) is 14.9 Å². The van der Waals surface area contributed by atoms with Crippen molar-refractivity contribution < 1.29 is 9.59 Å². The molecule has 1 aliphatic heterocycles. The first-order valence-corrected chi connectivity index (χ1v) is 10.5. The number of fused-ring (bicyclic) bond motifs is 2. The summed E-state index contributed by atoms with van der Waals surface area (Å²) in [7, 11) is 0. The Hall–Kier alpha value is -3.00. The van der Waals surface area contributed by atoms with Crippen LogP contribution in [0.15, 0.2) is 36.4 Å². The lowest BCUT2D eigenvalue weighted by atomic mass is 9.65. The molecule has 0 saturated carbocycles. The predicted octanol–water partition coefficient (Wildman–Crippen LogP) is 3.64. The number of aryl methyl sites for hydroxylation is 3. The Bertz CT molecular complexity index is 1040. The number of para-hydroxylation sites is 1. The third-order valence-corrected chi connectivity index (χ3v) is 6.77. The summed E-state index contributed by atoms with van der Waals surface area (Å²) >= 11 is 0. The van der Waals surface area contributed by atoms with Crippen LogP contribution in [0.3, 0.4) is 0 Å². The topological polar surface area (TPSA) is 74.1 Å². The smallest absolute Gasteiger partial charge is 0.239 e. The quantitative estimate of drug-likeness (QED) is 0.740. The van der Waals surface area contributed by atoms with Crippen LogP contribution < -0.4 is 4.90 Å². The van der Waals surface area contributed by atoms with Gasteiger partial charge in [0.2, 0.25) is 11.8 Å². The monoisotopic (exact) mass is 385 g/mol. The van der Waals surface area contributed by atoms with E-state index >= 15 is 0 Å². The molecule has 0 bridgehead atoms. The van der Waals surface area contributed by atoms with Crippen molar-refractivity contribution in [3.8, 4) is 6.07 Å². The summed E-state index contributed by atoms with van der Waals surface area (Å²) in [5.74, 6) is -1.17. The Morgan fingerprint density at radius 2 is 1.79 bits per heavy atom. The van der Waals surface area contributed by atoms with Crippen molar-refractivity contribution in [2.45, 2.75) is 56.8 Å². The number of carbonyl (C=O) groups excluding carboxylic acids is 2. The average Bonchev–Trinajstić information content (AvgIpc) is 3.06. The van der Waals surface area contributed by atoms with Crippen LogP contribution in [-0.4, -0.2) is 16.8 Å². The number of anilines is 1. The van der Waals surface area contributed by atoms with E-state index in [0.717, 1.165) is 49.1 Å². The molecule has 29 heavy (non-hydrogen) atoms. The summed E-state index contributed by atoms with van der Waals surface area (Å²) in [5, 5.41) is 10.3. The van der Waals surface area contributed by atoms with Crippen molar-refractivity contribution in [3.63, 3.8) is 0 Å². The van der Waals surface area contributed by atoms with Crippen molar-refractivity contribution >= 4 is 17.5 Å². The van der Waals surface area contributed by atoms with E-state index in [2.05, 4.69) is 12.1 Å². The minimum Gasteiger partial charge on any atom is -0.274 e. The Morgan fingerprint density at radius 1 is 1.03 bits per heavy atom. The second kappa shape index (κ2) is 6.81. The summed E-state index contributed by atoms with van der Waals surface area (Å²) in [4.78, 5) is 32.5. The van der Waals surface area contributed by atoms with Crippen LogP contribution in [0, 0.1) is 17.2 Å². The van der Waals surface area contributed by atoms with Gasteiger partial charge in [-0.1, -0.05) is 24.3 Å². The van der Waals surface area contributed by atoms with E-state index < -0.39 is 11.3 Å². The molecule has 5 nitrogen and oxygen atoms in total. The number of amides is 2. The summed E-state index contributed by atoms with van der Waals surface area (Å²) in [6, 6.07) is 13.7. The highest BCUT2D eigenvalue weighted by Gasteiger charge is 2.55. The molecule has 0 N–H and O–H groups in total. The molecule has 2 aromatic rings. The molecule has 2 aliphatic carbocycles. The van der Waals surface area contributed by atoms with Gasteiger partial charge in [0.15, 0.2) is 0 Å². The first kappa shape index (κ1) is 18.1.